The Kier molecular flexibility index (Phi) is 5.84. The number of hydrogen-bond acceptors (Lipinski definition) is 6. The maximum absolute atomic E-state index is 12.3. The summed E-state index contributed by atoms with van der Waals surface area (Å²) in [6, 6.07) is 9.22. The number of fused-ring (bicyclic) bond motifs is 1. The van der Waals surface area contributed by atoms with Crippen LogP contribution in [-0.4, -0.2) is 42.7 Å². The molecule has 0 N–H and O–H groups in total. The van der Waals surface area contributed by atoms with Gasteiger partial charge in [-0.05, 0) is 49.4 Å². The Bertz CT molecular complexity index is 1020. The minimum Gasteiger partial charge on any atom is -0.493 e. The molecule has 7 heteroatoms. The molecule has 28 heavy (non-hydrogen) atoms. The number of hydrogen-bond donors (Lipinski definition) is 0. The summed E-state index contributed by atoms with van der Waals surface area (Å²) in [5.41, 5.74) is 3.37. The van der Waals surface area contributed by atoms with Crippen molar-refractivity contribution in [2.75, 3.05) is 28.4 Å². The van der Waals surface area contributed by atoms with Gasteiger partial charge in [-0.3, -0.25) is 14.1 Å². The average molecular weight is 383 g/mol. The Labute approximate surface area is 164 Å². The van der Waals surface area contributed by atoms with Crippen LogP contribution in [0.2, 0.25) is 0 Å². The highest BCUT2D eigenvalue weighted by Gasteiger charge is 2.14. The fourth-order valence-electron chi connectivity index (χ4n) is 3.21. The highest BCUT2D eigenvalue weighted by molar-refractivity contribution is 5.53. The van der Waals surface area contributed by atoms with Crippen molar-refractivity contribution in [2.24, 2.45) is 0 Å². The molecule has 0 aliphatic carbocycles. The third-order valence-electron chi connectivity index (χ3n) is 4.48. The average Bonchev–Trinajstić information content (AvgIpc) is 2.66. The minimum atomic E-state index is -0.0822. The molecule has 3 aromatic rings. The van der Waals surface area contributed by atoms with Crippen LogP contribution in [0.1, 0.15) is 16.8 Å². The lowest BCUT2D eigenvalue weighted by molar-refractivity contribution is 0.306. The van der Waals surface area contributed by atoms with Crippen molar-refractivity contribution in [3.05, 3.63) is 63.7 Å². The molecule has 0 amide bonds. The molecule has 0 aliphatic heterocycles. The van der Waals surface area contributed by atoms with Crippen molar-refractivity contribution in [1.82, 2.24) is 14.3 Å². The van der Waals surface area contributed by atoms with E-state index in [0.29, 0.717) is 36.0 Å². The zero-order valence-electron chi connectivity index (χ0n) is 16.9. The van der Waals surface area contributed by atoms with Crippen LogP contribution in [-0.2, 0) is 13.1 Å². The molecule has 1 aromatic carbocycles. The van der Waals surface area contributed by atoms with Crippen LogP contribution < -0.4 is 19.8 Å². The van der Waals surface area contributed by atoms with Gasteiger partial charge in [0.05, 0.1) is 27.0 Å². The second-order valence-electron chi connectivity index (χ2n) is 6.72. The molecule has 2 heterocycles. The van der Waals surface area contributed by atoms with Crippen LogP contribution in [0.25, 0.3) is 5.65 Å². The van der Waals surface area contributed by atoms with Crippen LogP contribution in [0.15, 0.2) is 41.3 Å². The van der Waals surface area contributed by atoms with Gasteiger partial charge < -0.3 is 14.2 Å². The Hall–Kier alpha value is -3.06. The van der Waals surface area contributed by atoms with Crippen molar-refractivity contribution < 1.29 is 14.2 Å². The fourth-order valence-corrected chi connectivity index (χ4v) is 3.21. The molecule has 3 rings (SSSR count). The summed E-state index contributed by atoms with van der Waals surface area (Å²) in [5.74, 6) is 1.79. The van der Waals surface area contributed by atoms with E-state index in [0.717, 1.165) is 16.8 Å². The van der Waals surface area contributed by atoms with E-state index >= 15 is 0 Å². The summed E-state index contributed by atoms with van der Waals surface area (Å²) in [6.07, 6.45) is 1.75. The molecular formula is C21H25N3O4. The van der Waals surface area contributed by atoms with E-state index in [-0.39, 0.29) is 5.56 Å². The number of rotatable bonds is 7. The van der Waals surface area contributed by atoms with Crippen LogP contribution in [0.5, 0.6) is 17.2 Å². The number of aryl methyl sites for hydroxylation is 1. The quantitative estimate of drug-likeness (QED) is 0.625. The Morgan fingerprint density at radius 2 is 1.68 bits per heavy atom. The van der Waals surface area contributed by atoms with Crippen molar-refractivity contribution in [2.45, 2.75) is 20.0 Å². The van der Waals surface area contributed by atoms with E-state index in [1.807, 2.05) is 38.2 Å². The van der Waals surface area contributed by atoms with Crippen LogP contribution in [0, 0.1) is 6.92 Å². The highest BCUT2D eigenvalue weighted by Crippen LogP contribution is 2.38. The lowest BCUT2D eigenvalue weighted by atomic mass is 10.1. The van der Waals surface area contributed by atoms with Gasteiger partial charge >= 0.3 is 0 Å². The second-order valence-corrected chi connectivity index (χ2v) is 6.72. The van der Waals surface area contributed by atoms with Gasteiger partial charge in [0.15, 0.2) is 11.5 Å². The van der Waals surface area contributed by atoms with Gasteiger partial charge in [0.25, 0.3) is 5.56 Å². The number of methoxy groups -OCH3 is 3. The molecule has 0 saturated carbocycles. The fraction of sp³-hybridized carbons (Fsp3) is 0.333. The van der Waals surface area contributed by atoms with Crippen LogP contribution in [0.3, 0.4) is 0 Å². The molecule has 0 aliphatic rings. The summed E-state index contributed by atoms with van der Waals surface area (Å²) >= 11 is 0. The molecule has 0 bridgehead atoms. The van der Waals surface area contributed by atoms with Gasteiger partial charge in [-0.15, -0.1) is 0 Å². The summed E-state index contributed by atoms with van der Waals surface area (Å²) in [7, 11) is 6.75. The lowest BCUT2D eigenvalue weighted by Crippen LogP contribution is -2.22. The number of ether oxygens (including phenoxy) is 3. The largest absolute Gasteiger partial charge is 0.493 e. The van der Waals surface area contributed by atoms with Gasteiger partial charge in [-0.1, -0.05) is 0 Å². The summed E-state index contributed by atoms with van der Waals surface area (Å²) < 4.78 is 17.7. The first-order valence-electron chi connectivity index (χ1n) is 8.91. The first kappa shape index (κ1) is 19.7. The second kappa shape index (κ2) is 8.31. The molecular weight excluding hydrogens is 358 g/mol. The molecule has 148 valence electrons. The predicted molar refractivity (Wildman–Crippen MR) is 107 cm³/mol. The molecule has 0 spiro atoms. The van der Waals surface area contributed by atoms with E-state index in [1.54, 1.807) is 38.0 Å². The highest BCUT2D eigenvalue weighted by atomic mass is 16.5. The summed E-state index contributed by atoms with van der Waals surface area (Å²) in [5, 5.41) is 0. The maximum atomic E-state index is 12.3. The molecule has 0 radical (unpaired) electrons. The van der Waals surface area contributed by atoms with Crippen molar-refractivity contribution in [3.63, 3.8) is 0 Å². The normalized spacial score (nSPS) is 11.1. The molecule has 0 saturated heterocycles. The Balaban J connectivity index is 1.83. The zero-order valence-corrected chi connectivity index (χ0v) is 16.9. The van der Waals surface area contributed by atoms with Gasteiger partial charge in [-0.25, -0.2) is 4.98 Å². The smallest absolute Gasteiger partial charge is 0.258 e. The number of pyridine rings is 1. The van der Waals surface area contributed by atoms with E-state index < -0.39 is 0 Å². The monoisotopic (exact) mass is 383 g/mol. The molecule has 2 aromatic heterocycles. The van der Waals surface area contributed by atoms with Crippen LogP contribution in [0.4, 0.5) is 0 Å². The topological polar surface area (TPSA) is 65.3 Å². The molecule has 7 nitrogen and oxygen atoms in total. The van der Waals surface area contributed by atoms with E-state index in [4.69, 9.17) is 14.2 Å². The van der Waals surface area contributed by atoms with E-state index in [9.17, 15) is 4.79 Å². The van der Waals surface area contributed by atoms with Crippen molar-refractivity contribution >= 4 is 5.65 Å². The summed E-state index contributed by atoms with van der Waals surface area (Å²) in [4.78, 5) is 19.0. The molecule has 0 fully saturated rings. The lowest BCUT2D eigenvalue weighted by Gasteiger charge is -2.19. The third kappa shape index (κ3) is 4.09. The summed E-state index contributed by atoms with van der Waals surface area (Å²) in [6.45, 7) is 3.15. The van der Waals surface area contributed by atoms with Crippen molar-refractivity contribution in [1.29, 1.82) is 0 Å². The first-order valence-corrected chi connectivity index (χ1v) is 8.91. The van der Waals surface area contributed by atoms with Crippen LogP contribution >= 0.6 is 0 Å². The maximum Gasteiger partial charge on any atom is 0.258 e. The van der Waals surface area contributed by atoms with Gasteiger partial charge in [0, 0.05) is 25.4 Å². The number of nitrogens with zero attached hydrogens (tertiary/aromatic N) is 3. The van der Waals surface area contributed by atoms with Gasteiger partial charge in [0.2, 0.25) is 5.75 Å². The van der Waals surface area contributed by atoms with E-state index in [2.05, 4.69) is 9.88 Å². The molecule has 0 atom stereocenters. The van der Waals surface area contributed by atoms with Crippen molar-refractivity contribution in [3.8, 4) is 17.2 Å². The predicted octanol–water partition coefficient (Wildman–Crippen LogP) is 2.66. The number of aromatic nitrogens is 2. The van der Waals surface area contributed by atoms with Gasteiger partial charge in [-0.2, -0.15) is 0 Å². The first-order chi connectivity index (χ1) is 13.4. The van der Waals surface area contributed by atoms with Gasteiger partial charge in [0.1, 0.15) is 5.65 Å². The number of benzene rings is 1. The Morgan fingerprint density at radius 1 is 1.00 bits per heavy atom. The standard InChI is InChI=1S/C21H25N3O4/c1-14-6-7-24-19(8-14)22-16(11-20(24)25)13-23(2)12-15-9-17(26-3)21(28-5)18(10-15)27-4/h6-11H,12-13H2,1-5H3. The molecule has 0 unspecified atom stereocenters. The van der Waals surface area contributed by atoms with E-state index in [1.165, 1.54) is 0 Å². The minimum absolute atomic E-state index is 0.0822. The zero-order chi connectivity index (χ0) is 20.3. The SMILES string of the molecule is COc1cc(CN(C)Cc2cc(=O)n3ccc(C)cc3n2)cc(OC)c1OC. The third-order valence-corrected chi connectivity index (χ3v) is 4.48. The Morgan fingerprint density at radius 3 is 2.29 bits per heavy atom.